The quantitative estimate of drug-likeness (QED) is 0.500. The average Bonchev–Trinajstić information content (AvgIpc) is 2.29. The Kier molecular flexibility index (Phi) is 8.51. The van der Waals surface area contributed by atoms with E-state index in [2.05, 4.69) is 15.9 Å². The highest BCUT2D eigenvalue weighted by molar-refractivity contribution is 9.09. The Labute approximate surface area is 99.3 Å². The lowest BCUT2D eigenvalue weighted by molar-refractivity contribution is -0.212. The van der Waals surface area contributed by atoms with Crippen molar-refractivity contribution < 1.29 is 18.9 Å². The van der Waals surface area contributed by atoms with E-state index in [1.807, 2.05) is 0 Å². The third-order valence-corrected chi connectivity index (χ3v) is 2.51. The summed E-state index contributed by atoms with van der Waals surface area (Å²) >= 11 is 3.35. The van der Waals surface area contributed by atoms with Crippen LogP contribution >= 0.6 is 15.9 Å². The summed E-state index contributed by atoms with van der Waals surface area (Å²) in [5.41, 5.74) is 0. The molecule has 0 amide bonds. The molecule has 0 aromatic rings. The highest BCUT2D eigenvalue weighted by atomic mass is 79.9. The van der Waals surface area contributed by atoms with Crippen LogP contribution in [0.25, 0.3) is 0 Å². The second kappa shape index (κ2) is 9.54. The van der Waals surface area contributed by atoms with Crippen LogP contribution in [-0.4, -0.2) is 51.3 Å². The van der Waals surface area contributed by atoms with Gasteiger partial charge in [0.2, 0.25) is 0 Å². The maximum atomic E-state index is 5.45. The molecular formula is C10H19BrO4. The maximum absolute atomic E-state index is 5.45. The molecule has 1 fully saturated rings. The molecule has 0 N–H and O–H groups in total. The zero-order valence-electron chi connectivity index (χ0n) is 8.95. The lowest BCUT2D eigenvalue weighted by atomic mass is 10.4. The molecule has 1 heterocycles. The number of ether oxygens (including phenoxy) is 4. The smallest absolute Gasteiger partial charge is 0.180 e. The minimum atomic E-state index is -0.179. The fourth-order valence-corrected chi connectivity index (χ4v) is 1.43. The lowest BCUT2D eigenvalue weighted by Gasteiger charge is -2.22. The number of halogens is 1. The molecule has 0 radical (unpaired) electrons. The minimum absolute atomic E-state index is 0.179. The van der Waals surface area contributed by atoms with Crippen LogP contribution in [0.4, 0.5) is 0 Å². The summed E-state index contributed by atoms with van der Waals surface area (Å²) in [6, 6.07) is 0. The highest BCUT2D eigenvalue weighted by Crippen LogP contribution is 2.02. The van der Waals surface area contributed by atoms with Gasteiger partial charge in [-0.05, 0) is 12.8 Å². The van der Waals surface area contributed by atoms with Gasteiger partial charge in [0.25, 0.3) is 0 Å². The van der Waals surface area contributed by atoms with Crippen molar-refractivity contribution in [2.45, 2.75) is 19.1 Å². The van der Waals surface area contributed by atoms with Crippen LogP contribution in [0.5, 0.6) is 0 Å². The van der Waals surface area contributed by atoms with Gasteiger partial charge in [-0.15, -0.1) is 0 Å². The monoisotopic (exact) mass is 282 g/mol. The molecule has 4 nitrogen and oxygen atoms in total. The van der Waals surface area contributed by atoms with Gasteiger partial charge in [0.05, 0.1) is 26.4 Å². The normalized spacial score (nSPS) is 21.8. The van der Waals surface area contributed by atoms with Crippen molar-refractivity contribution in [2.75, 3.05) is 45.0 Å². The molecular weight excluding hydrogens is 264 g/mol. The summed E-state index contributed by atoms with van der Waals surface area (Å²) < 4.78 is 21.4. The van der Waals surface area contributed by atoms with Gasteiger partial charge in [-0.3, -0.25) is 0 Å². The zero-order chi connectivity index (χ0) is 10.8. The van der Waals surface area contributed by atoms with E-state index in [-0.39, 0.29) is 6.29 Å². The van der Waals surface area contributed by atoms with Crippen LogP contribution in [0, 0.1) is 0 Å². The Balaban J connectivity index is 1.79. The first kappa shape index (κ1) is 13.4. The fourth-order valence-electron chi connectivity index (χ4n) is 1.20. The first-order valence-electron chi connectivity index (χ1n) is 5.38. The third-order valence-electron chi connectivity index (χ3n) is 1.94. The number of hydrogen-bond acceptors (Lipinski definition) is 4. The summed E-state index contributed by atoms with van der Waals surface area (Å²) in [5, 5.41) is 0.997. The van der Waals surface area contributed by atoms with Crippen LogP contribution in [0.3, 0.4) is 0 Å². The van der Waals surface area contributed by atoms with Crippen LogP contribution in [0.15, 0.2) is 0 Å². The molecule has 1 rings (SSSR count). The molecule has 1 aliphatic rings. The molecule has 1 aliphatic heterocycles. The first-order valence-corrected chi connectivity index (χ1v) is 6.50. The lowest BCUT2D eigenvalue weighted by Crippen LogP contribution is -2.31. The highest BCUT2D eigenvalue weighted by Gasteiger charge is 2.13. The Morgan fingerprint density at radius 1 is 1.13 bits per heavy atom. The minimum Gasteiger partial charge on any atom is -0.381 e. The van der Waals surface area contributed by atoms with Crippen molar-refractivity contribution >= 4 is 15.9 Å². The molecule has 0 spiro atoms. The van der Waals surface area contributed by atoms with Gasteiger partial charge in [-0.2, -0.15) is 0 Å². The first-order chi connectivity index (χ1) is 7.43. The standard InChI is InChI=1S/C10H19BrO4/c11-3-1-4-12-5-2-6-14-10-9-13-7-8-15-10/h10H,1-9H2. The molecule has 0 aliphatic carbocycles. The number of hydrogen-bond donors (Lipinski definition) is 0. The Hall–Kier alpha value is 0.320. The van der Waals surface area contributed by atoms with Crippen molar-refractivity contribution in [1.82, 2.24) is 0 Å². The predicted molar refractivity (Wildman–Crippen MR) is 60.4 cm³/mol. The fraction of sp³-hybridized carbons (Fsp3) is 1.00. The zero-order valence-corrected chi connectivity index (χ0v) is 10.5. The van der Waals surface area contributed by atoms with Crippen molar-refractivity contribution in [3.05, 3.63) is 0 Å². The molecule has 1 unspecified atom stereocenters. The predicted octanol–water partition coefficient (Wildman–Crippen LogP) is 1.57. The van der Waals surface area contributed by atoms with Crippen molar-refractivity contribution in [3.8, 4) is 0 Å². The SMILES string of the molecule is BrCCCOCCCOC1COCCO1. The Morgan fingerprint density at radius 3 is 2.73 bits per heavy atom. The van der Waals surface area contributed by atoms with Crippen LogP contribution in [0.1, 0.15) is 12.8 Å². The topological polar surface area (TPSA) is 36.9 Å². The van der Waals surface area contributed by atoms with Gasteiger partial charge in [0.15, 0.2) is 6.29 Å². The summed E-state index contributed by atoms with van der Waals surface area (Å²) in [4.78, 5) is 0. The van der Waals surface area contributed by atoms with Gasteiger partial charge >= 0.3 is 0 Å². The summed E-state index contributed by atoms with van der Waals surface area (Å²) in [5.74, 6) is 0. The number of rotatable bonds is 8. The van der Waals surface area contributed by atoms with E-state index in [1.54, 1.807) is 0 Å². The largest absolute Gasteiger partial charge is 0.381 e. The van der Waals surface area contributed by atoms with E-state index < -0.39 is 0 Å². The molecule has 15 heavy (non-hydrogen) atoms. The van der Waals surface area contributed by atoms with E-state index in [0.717, 1.165) is 31.4 Å². The van der Waals surface area contributed by atoms with Gasteiger partial charge in [0.1, 0.15) is 0 Å². The van der Waals surface area contributed by atoms with Gasteiger partial charge < -0.3 is 18.9 Å². The van der Waals surface area contributed by atoms with E-state index in [9.17, 15) is 0 Å². The average molecular weight is 283 g/mol. The van der Waals surface area contributed by atoms with E-state index in [4.69, 9.17) is 18.9 Å². The molecule has 1 atom stereocenters. The Morgan fingerprint density at radius 2 is 2.00 bits per heavy atom. The van der Waals surface area contributed by atoms with E-state index in [1.165, 1.54) is 0 Å². The molecule has 0 aromatic heterocycles. The van der Waals surface area contributed by atoms with Gasteiger partial charge in [-0.25, -0.2) is 0 Å². The molecule has 1 saturated heterocycles. The number of alkyl halides is 1. The second-order valence-electron chi connectivity index (χ2n) is 3.25. The van der Waals surface area contributed by atoms with E-state index in [0.29, 0.717) is 26.4 Å². The third kappa shape index (κ3) is 7.25. The molecule has 0 saturated carbocycles. The molecule has 0 bridgehead atoms. The van der Waals surface area contributed by atoms with Crippen LogP contribution in [-0.2, 0) is 18.9 Å². The van der Waals surface area contributed by atoms with Crippen LogP contribution in [0.2, 0.25) is 0 Å². The molecule has 90 valence electrons. The van der Waals surface area contributed by atoms with E-state index >= 15 is 0 Å². The summed E-state index contributed by atoms with van der Waals surface area (Å²) in [6.07, 6.45) is 1.78. The van der Waals surface area contributed by atoms with Crippen molar-refractivity contribution in [1.29, 1.82) is 0 Å². The van der Waals surface area contributed by atoms with Gasteiger partial charge in [-0.1, -0.05) is 15.9 Å². The van der Waals surface area contributed by atoms with Crippen molar-refractivity contribution in [2.24, 2.45) is 0 Å². The maximum Gasteiger partial charge on any atom is 0.180 e. The van der Waals surface area contributed by atoms with Gasteiger partial charge in [0, 0.05) is 18.5 Å². The summed E-state index contributed by atoms with van der Waals surface area (Å²) in [7, 11) is 0. The second-order valence-corrected chi connectivity index (χ2v) is 4.05. The van der Waals surface area contributed by atoms with Crippen molar-refractivity contribution in [3.63, 3.8) is 0 Å². The molecule has 5 heteroatoms. The molecule has 0 aromatic carbocycles. The Bertz CT molecular complexity index is 139. The van der Waals surface area contributed by atoms with Crippen LogP contribution < -0.4 is 0 Å². The summed E-state index contributed by atoms with van der Waals surface area (Å²) in [6.45, 7) is 4.09.